The SMILES string of the molecule is c1ccc(C2NNCC2c2nc3c(cnn3Cc3ccco3)[nH]2)cc1. The van der Waals surface area contributed by atoms with Gasteiger partial charge in [-0.2, -0.15) is 5.10 Å². The summed E-state index contributed by atoms with van der Waals surface area (Å²) in [4.78, 5) is 8.27. The van der Waals surface area contributed by atoms with Crippen molar-refractivity contribution in [3.05, 3.63) is 72.1 Å². The Hall–Kier alpha value is -2.90. The fourth-order valence-electron chi connectivity index (χ4n) is 3.43. The highest BCUT2D eigenvalue weighted by molar-refractivity contribution is 5.70. The maximum Gasteiger partial charge on any atom is 0.176 e. The van der Waals surface area contributed by atoms with Crippen molar-refractivity contribution >= 4 is 11.2 Å². The molecule has 4 aromatic rings. The van der Waals surface area contributed by atoms with Gasteiger partial charge in [-0.05, 0) is 17.7 Å². The molecule has 7 heteroatoms. The molecule has 2 atom stereocenters. The molecule has 0 spiro atoms. The monoisotopic (exact) mass is 334 g/mol. The van der Waals surface area contributed by atoms with Crippen molar-refractivity contribution in [2.45, 2.75) is 18.5 Å². The van der Waals surface area contributed by atoms with Crippen LogP contribution in [-0.2, 0) is 6.54 Å². The van der Waals surface area contributed by atoms with Crippen LogP contribution in [-0.4, -0.2) is 26.3 Å². The van der Waals surface area contributed by atoms with Gasteiger partial charge in [0.15, 0.2) is 5.65 Å². The quantitative estimate of drug-likeness (QED) is 0.533. The fourth-order valence-corrected chi connectivity index (χ4v) is 3.43. The Morgan fingerprint density at radius 2 is 2.08 bits per heavy atom. The van der Waals surface area contributed by atoms with Gasteiger partial charge in [-0.3, -0.25) is 5.43 Å². The zero-order chi connectivity index (χ0) is 16.6. The summed E-state index contributed by atoms with van der Waals surface area (Å²) in [6.07, 6.45) is 3.49. The smallest absolute Gasteiger partial charge is 0.176 e. The molecule has 25 heavy (non-hydrogen) atoms. The molecule has 1 aliphatic rings. The van der Waals surface area contributed by atoms with Gasteiger partial charge in [0.2, 0.25) is 0 Å². The van der Waals surface area contributed by atoms with Gasteiger partial charge in [0.1, 0.15) is 23.6 Å². The van der Waals surface area contributed by atoms with E-state index in [0.29, 0.717) is 6.54 Å². The minimum atomic E-state index is 0.183. The summed E-state index contributed by atoms with van der Waals surface area (Å²) in [7, 11) is 0. The van der Waals surface area contributed by atoms with Gasteiger partial charge in [0.05, 0.1) is 24.4 Å². The molecule has 2 unspecified atom stereocenters. The Bertz CT molecular complexity index is 972. The van der Waals surface area contributed by atoms with Gasteiger partial charge in [-0.15, -0.1) is 0 Å². The molecule has 4 heterocycles. The average molecular weight is 334 g/mol. The lowest BCUT2D eigenvalue weighted by Crippen LogP contribution is -2.24. The third-order valence-electron chi connectivity index (χ3n) is 4.68. The molecule has 0 bridgehead atoms. The lowest BCUT2D eigenvalue weighted by molar-refractivity contribution is 0.483. The van der Waals surface area contributed by atoms with Crippen molar-refractivity contribution in [3.8, 4) is 0 Å². The number of hydrazine groups is 1. The Labute approximate surface area is 144 Å². The van der Waals surface area contributed by atoms with Crippen LogP contribution in [0.2, 0.25) is 0 Å². The van der Waals surface area contributed by atoms with Crippen molar-refractivity contribution in [2.24, 2.45) is 0 Å². The molecular formula is C18H18N6O. The van der Waals surface area contributed by atoms with Crippen LogP contribution in [0.25, 0.3) is 11.2 Å². The molecule has 0 saturated carbocycles. The third kappa shape index (κ3) is 2.54. The molecule has 3 aromatic heterocycles. The zero-order valence-corrected chi connectivity index (χ0v) is 13.5. The van der Waals surface area contributed by atoms with Gasteiger partial charge >= 0.3 is 0 Å². The summed E-state index contributed by atoms with van der Waals surface area (Å²) in [6.45, 7) is 1.39. The molecule has 1 aromatic carbocycles. The summed E-state index contributed by atoms with van der Waals surface area (Å²) in [5, 5.41) is 4.41. The summed E-state index contributed by atoms with van der Waals surface area (Å²) in [5.41, 5.74) is 9.66. The Balaban J connectivity index is 1.47. The summed E-state index contributed by atoms with van der Waals surface area (Å²) >= 11 is 0. The van der Waals surface area contributed by atoms with Crippen LogP contribution in [0.3, 0.4) is 0 Å². The van der Waals surface area contributed by atoms with E-state index in [2.05, 4.69) is 45.2 Å². The van der Waals surface area contributed by atoms with Gasteiger partial charge in [-0.1, -0.05) is 30.3 Å². The molecule has 0 aliphatic carbocycles. The fraction of sp³-hybridized carbons (Fsp3) is 0.222. The number of hydrogen-bond donors (Lipinski definition) is 3. The van der Waals surface area contributed by atoms with Crippen molar-refractivity contribution in [3.63, 3.8) is 0 Å². The standard InChI is InChI=1S/C18H18N6O/c1-2-5-12(6-3-1)16-14(9-19-23-16)17-21-15-10-20-24(18(15)22-17)11-13-7-4-8-25-13/h1-8,10,14,16,19,23H,9,11H2,(H,21,22). The van der Waals surface area contributed by atoms with E-state index in [1.54, 1.807) is 6.26 Å². The predicted molar refractivity (Wildman–Crippen MR) is 92.8 cm³/mol. The van der Waals surface area contributed by atoms with Crippen LogP contribution in [0.1, 0.15) is 29.1 Å². The van der Waals surface area contributed by atoms with Crippen molar-refractivity contribution in [1.29, 1.82) is 0 Å². The van der Waals surface area contributed by atoms with Crippen LogP contribution < -0.4 is 10.9 Å². The number of furan rings is 1. The van der Waals surface area contributed by atoms with Gasteiger partial charge in [0, 0.05) is 6.54 Å². The number of imidazole rings is 1. The van der Waals surface area contributed by atoms with E-state index in [4.69, 9.17) is 9.40 Å². The van der Waals surface area contributed by atoms with Crippen LogP contribution in [0, 0.1) is 0 Å². The van der Waals surface area contributed by atoms with Gasteiger partial charge in [0.25, 0.3) is 0 Å². The first-order valence-corrected chi connectivity index (χ1v) is 8.35. The number of fused-ring (bicyclic) bond motifs is 1. The second-order valence-corrected chi connectivity index (χ2v) is 6.26. The first-order chi connectivity index (χ1) is 12.4. The van der Waals surface area contributed by atoms with E-state index < -0.39 is 0 Å². The molecule has 7 nitrogen and oxygen atoms in total. The van der Waals surface area contributed by atoms with E-state index in [9.17, 15) is 0 Å². The normalized spacial score (nSPS) is 20.5. The summed E-state index contributed by atoms with van der Waals surface area (Å²) < 4.78 is 7.28. The van der Waals surface area contributed by atoms with Crippen molar-refractivity contribution in [1.82, 2.24) is 30.6 Å². The first kappa shape index (κ1) is 14.4. The zero-order valence-electron chi connectivity index (χ0n) is 13.5. The molecule has 3 N–H and O–H groups in total. The van der Waals surface area contributed by atoms with E-state index >= 15 is 0 Å². The second-order valence-electron chi connectivity index (χ2n) is 6.26. The molecule has 1 aliphatic heterocycles. The Kier molecular flexibility index (Phi) is 3.39. The van der Waals surface area contributed by atoms with Crippen molar-refractivity contribution < 1.29 is 4.42 Å². The van der Waals surface area contributed by atoms with E-state index in [-0.39, 0.29) is 12.0 Å². The largest absolute Gasteiger partial charge is 0.467 e. The Morgan fingerprint density at radius 3 is 2.92 bits per heavy atom. The van der Waals surface area contributed by atoms with Crippen LogP contribution in [0.15, 0.2) is 59.3 Å². The molecule has 1 fully saturated rings. The molecule has 0 amide bonds. The van der Waals surface area contributed by atoms with Gasteiger partial charge in [-0.25, -0.2) is 15.1 Å². The van der Waals surface area contributed by atoms with Crippen LogP contribution >= 0.6 is 0 Å². The lowest BCUT2D eigenvalue weighted by Gasteiger charge is -2.16. The van der Waals surface area contributed by atoms with Crippen LogP contribution in [0.5, 0.6) is 0 Å². The van der Waals surface area contributed by atoms with E-state index in [0.717, 1.165) is 29.3 Å². The molecule has 0 radical (unpaired) electrons. The molecule has 1 saturated heterocycles. The summed E-state index contributed by atoms with van der Waals surface area (Å²) in [6, 6.07) is 14.4. The predicted octanol–water partition coefficient (Wildman–Crippen LogP) is 2.33. The summed E-state index contributed by atoms with van der Waals surface area (Å²) in [5.74, 6) is 2.06. The molecule has 126 valence electrons. The number of hydrogen-bond acceptors (Lipinski definition) is 5. The number of H-pyrrole nitrogens is 1. The molecule has 5 rings (SSSR count). The van der Waals surface area contributed by atoms with Crippen LogP contribution in [0.4, 0.5) is 0 Å². The highest BCUT2D eigenvalue weighted by Crippen LogP contribution is 2.32. The average Bonchev–Trinajstić information content (AvgIpc) is 3.42. The molecular weight excluding hydrogens is 316 g/mol. The minimum Gasteiger partial charge on any atom is -0.467 e. The third-order valence-corrected chi connectivity index (χ3v) is 4.68. The maximum atomic E-state index is 5.42. The number of nitrogens with one attached hydrogen (secondary N) is 3. The first-order valence-electron chi connectivity index (χ1n) is 8.35. The number of aromatic nitrogens is 4. The highest BCUT2D eigenvalue weighted by atomic mass is 16.3. The number of aromatic amines is 1. The Morgan fingerprint density at radius 1 is 1.16 bits per heavy atom. The van der Waals surface area contributed by atoms with Crippen molar-refractivity contribution in [2.75, 3.05) is 6.54 Å². The highest BCUT2D eigenvalue weighted by Gasteiger charge is 2.32. The number of nitrogens with zero attached hydrogens (tertiary/aromatic N) is 3. The minimum absolute atomic E-state index is 0.183. The number of rotatable bonds is 4. The number of benzene rings is 1. The lowest BCUT2D eigenvalue weighted by atomic mass is 9.94. The van der Waals surface area contributed by atoms with E-state index in [1.165, 1.54) is 5.56 Å². The maximum absolute atomic E-state index is 5.42. The van der Waals surface area contributed by atoms with E-state index in [1.807, 2.05) is 29.1 Å². The second kappa shape index (κ2) is 5.87. The topological polar surface area (TPSA) is 83.7 Å². The van der Waals surface area contributed by atoms with Gasteiger partial charge < -0.3 is 9.40 Å².